The maximum Gasteiger partial charge on any atom is 0.251 e. The SMILES string of the molecule is CC[C@H](N)C(=O)Nc1ccc(C(=O)NC)cc1C.Cl. The van der Waals surface area contributed by atoms with Gasteiger partial charge < -0.3 is 16.4 Å². The lowest BCUT2D eigenvalue weighted by Gasteiger charge is -2.12. The second-order valence-corrected chi connectivity index (χ2v) is 4.11. The van der Waals surface area contributed by atoms with E-state index in [1.807, 2.05) is 13.8 Å². The first-order chi connectivity index (χ1) is 8.49. The van der Waals surface area contributed by atoms with E-state index in [2.05, 4.69) is 10.6 Å². The normalized spacial score (nSPS) is 11.2. The molecule has 6 heteroatoms. The zero-order chi connectivity index (χ0) is 13.7. The molecule has 19 heavy (non-hydrogen) atoms. The van der Waals surface area contributed by atoms with Gasteiger partial charge in [0, 0.05) is 18.3 Å². The van der Waals surface area contributed by atoms with Gasteiger partial charge in [-0.25, -0.2) is 0 Å². The van der Waals surface area contributed by atoms with E-state index in [1.54, 1.807) is 25.2 Å². The van der Waals surface area contributed by atoms with E-state index in [9.17, 15) is 9.59 Å². The summed E-state index contributed by atoms with van der Waals surface area (Å²) in [5.74, 6) is -0.366. The molecule has 0 aromatic heterocycles. The predicted octanol–water partition coefficient (Wildman–Crippen LogP) is 1.45. The highest BCUT2D eigenvalue weighted by Gasteiger charge is 2.13. The van der Waals surface area contributed by atoms with Crippen molar-refractivity contribution in [3.63, 3.8) is 0 Å². The second kappa shape index (κ2) is 7.76. The number of aryl methyl sites for hydroxylation is 1. The van der Waals surface area contributed by atoms with Gasteiger partial charge in [0.15, 0.2) is 0 Å². The lowest BCUT2D eigenvalue weighted by molar-refractivity contribution is -0.117. The summed E-state index contributed by atoms with van der Waals surface area (Å²) >= 11 is 0. The molecule has 0 saturated heterocycles. The Balaban J connectivity index is 0.00000324. The Morgan fingerprint density at radius 3 is 2.47 bits per heavy atom. The van der Waals surface area contributed by atoms with E-state index in [4.69, 9.17) is 5.73 Å². The number of carbonyl (C=O) groups is 2. The predicted molar refractivity (Wildman–Crippen MR) is 78.7 cm³/mol. The Morgan fingerprint density at radius 1 is 1.37 bits per heavy atom. The first-order valence-electron chi connectivity index (χ1n) is 5.88. The first kappa shape index (κ1) is 17.4. The fraction of sp³-hybridized carbons (Fsp3) is 0.385. The lowest BCUT2D eigenvalue weighted by atomic mass is 10.1. The quantitative estimate of drug-likeness (QED) is 0.783. The summed E-state index contributed by atoms with van der Waals surface area (Å²) in [7, 11) is 1.58. The highest BCUT2D eigenvalue weighted by molar-refractivity contribution is 5.97. The highest BCUT2D eigenvalue weighted by atomic mass is 35.5. The van der Waals surface area contributed by atoms with Crippen molar-refractivity contribution in [2.24, 2.45) is 5.73 Å². The lowest BCUT2D eigenvalue weighted by Crippen LogP contribution is -2.35. The van der Waals surface area contributed by atoms with Gasteiger partial charge >= 0.3 is 0 Å². The molecule has 0 bridgehead atoms. The van der Waals surface area contributed by atoms with Crippen LogP contribution in [-0.4, -0.2) is 24.9 Å². The van der Waals surface area contributed by atoms with Crippen molar-refractivity contribution in [3.05, 3.63) is 29.3 Å². The molecule has 0 saturated carbocycles. The van der Waals surface area contributed by atoms with Gasteiger partial charge in [-0.2, -0.15) is 0 Å². The zero-order valence-corrected chi connectivity index (χ0v) is 12.1. The number of nitrogens with two attached hydrogens (primary N) is 1. The topological polar surface area (TPSA) is 84.2 Å². The van der Waals surface area contributed by atoms with Gasteiger partial charge in [-0.1, -0.05) is 6.92 Å². The summed E-state index contributed by atoms with van der Waals surface area (Å²) in [6.45, 7) is 3.69. The van der Waals surface area contributed by atoms with E-state index in [-0.39, 0.29) is 24.2 Å². The number of anilines is 1. The zero-order valence-electron chi connectivity index (χ0n) is 11.3. The average molecular weight is 286 g/mol. The number of nitrogens with one attached hydrogen (secondary N) is 2. The van der Waals surface area contributed by atoms with Gasteiger partial charge in [0.25, 0.3) is 5.91 Å². The van der Waals surface area contributed by atoms with E-state index in [0.717, 1.165) is 5.56 Å². The summed E-state index contributed by atoms with van der Waals surface area (Å²) in [6, 6.07) is 4.59. The van der Waals surface area contributed by atoms with E-state index >= 15 is 0 Å². The van der Waals surface area contributed by atoms with Gasteiger partial charge in [-0.3, -0.25) is 9.59 Å². The highest BCUT2D eigenvalue weighted by Crippen LogP contribution is 2.16. The molecule has 1 aromatic carbocycles. The van der Waals surface area contributed by atoms with Crippen LogP contribution in [0.5, 0.6) is 0 Å². The smallest absolute Gasteiger partial charge is 0.251 e. The summed E-state index contributed by atoms with van der Waals surface area (Å²) in [4.78, 5) is 23.1. The molecule has 0 unspecified atom stereocenters. The van der Waals surface area contributed by atoms with Crippen LogP contribution in [0.4, 0.5) is 5.69 Å². The number of halogens is 1. The number of hydrogen-bond donors (Lipinski definition) is 3. The third-order valence-corrected chi connectivity index (χ3v) is 2.75. The first-order valence-corrected chi connectivity index (χ1v) is 5.88. The van der Waals surface area contributed by atoms with Gasteiger partial charge in [0.05, 0.1) is 6.04 Å². The molecular formula is C13H20ClN3O2. The van der Waals surface area contributed by atoms with Crippen molar-refractivity contribution in [1.29, 1.82) is 0 Å². The van der Waals surface area contributed by atoms with Crippen molar-refractivity contribution >= 4 is 29.9 Å². The monoisotopic (exact) mass is 285 g/mol. The van der Waals surface area contributed by atoms with Crippen molar-refractivity contribution < 1.29 is 9.59 Å². The molecular weight excluding hydrogens is 266 g/mol. The number of benzene rings is 1. The van der Waals surface area contributed by atoms with E-state index in [0.29, 0.717) is 17.7 Å². The van der Waals surface area contributed by atoms with Crippen molar-refractivity contribution in [2.45, 2.75) is 26.3 Å². The molecule has 0 aliphatic heterocycles. The second-order valence-electron chi connectivity index (χ2n) is 4.11. The largest absolute Gasteiger partial charge is 0.355 e. The molecule has 0 aliphatic carbocycles. The fourth-order valence-electron chi connectivity index (χ4n) is 1.50. The molecule has 0 radical (unpaired) electrons. The summed E-state index contributed by atoms with van der Waals surface area (Å²) in [5.41, 5.74) is 7.70. The molecule has 0 heterocycles. The van der Waals surface area contributed by atoms with E-state index in [1.165, 1.54) is 0 Å². The Kier molecular flexibility index (Phi) is 7.11. The minimum absolute atomic E-state index is 0. The van der Waals surface area contributed by atoms with Crippen LogP contribution in [0.25, 0.3) is 0 Å². The van der Waals surface area contributed by atoms with Gasteiger partial charge in [-0.05, 0) is 37.1 Å². The van der Waals surface area contributed by atoms with Gasteiger partial charge in [0.1, 0.15) is 0 Å². The number of amides is 2. The van der Waals surface area contributed by atoms with Crippen LogP contribution in [-0.2, 0) is 4.79 Å². The Hall–Kier alpha value is -1.59. The van der Waals surface area contributed by atoms with Crippen LogP contribution < -0.4 is 16.4 Å². The molecule has 5 nitrogen and oxygen atoms in total. The average Bonchev–Trinajstić information content (AvgIpc) is 2.38. The molecule has 0 aliphatic rings. The van der Waals surface area contributed by atoms with Crippen molar-refractivity contribution in [2.75, 3.05) is 12.4 Å². The maximum absolute atomic E-state index is 11.7. The van der Waals surface area contributed by atoms with Crippen LogP contribution in [0.2, 0.25) is 0 Å². The van der Waals surface area contributed by atoms with Crippen LogP contribution in [0.3, 0.4) is 0 Å². The minimum atomic E-state index is -0.511. The molecule has 106 valence electrons. The fourth-order valence-corrected chi connectivity index (χ4v) is 1.50. The molecule has 2 amide bonds. The molecule has 0 fully saturated rings. The third-order valence-electron chi connectivity index (χ3n) is 2.75. The number of rotatable bonds is 4. The van der Waals surface area contributed by atoms with Crippen molar-refractivity contribution in [1.82, 2.24) is 5.32 Å². The molecule has 1 aromatic rings. The van der Waals surface area contributed by atoms with Crippen molar-refractivity contribution in [3.8, 4) is 0 Å². The minimum Gasteiger partial charge on any atom is -0.355 e. The Bertz CT molecular complexity index is 463. The van der Waals surface area contributed by atoms with Crippen LogP contribution in [0.15, 0.2) is 18.2 Å². The van der Waals surface area contributed by atoms with Gasteiger partial charge in [0.2, 0.25) is 5.91 Å². The summed E-state index contributed by atoms with van der Waals surface area (Å²) < 4.78 is 0. The standard InChI is InChI=1S/C13H19N3O2.ClH/c1-4-10(14)13(18)16-11-6-5-9(7-8(11)2)12(17)15-3;/h5-7,10H,4,14H2,1-3H3,(H,15,17)(H,16,18);1H/t10-;/m0./s1. The Labute approximate surface area is 119 Å². The Morgan fingerprint density at radius 2 is 2.00 bits per heavy atom. The number of carbonyl (C=O) groups excluding carboxylic acids is 2. The molecule has 4 N–H and O–H groups in total. The van der Waals surface area contributed by atoms with Gasteiger partial charge in [-0.15, -0.1) is 12.4 Å². The van der Waals surface area contributed by atoms with Crippen LogP contribution >= 0.6 is 12.4 Å². The maximum atomic E-state index is 11.7. The van der Waals surface area contributed by atoms with Crippen LogP contribution in [0, 0.1) is 6.92 Å². The molecule has 0 spiro atoms. The molecule has 1 rings (SSSR count). The third kappa shape index (κ3) is 4.54. The molecule has 1 atom stereocenters. The van der Waals surface area contributed by atoms with E-state index < -0.39 is 6.04 Å². The summed E-state index contributed by atoms with van der Waals surface area (Å²) in [5, 5.41) is 5.30. The van der Waals surface area contributed by atoms with Crippen LogP contribution in [0.1, 0.15) is 29.3 Å². The number of hydrogen-bond acceptors (Lipinski definition) is 3. The summed E-state index contributed by atoms with van der Waals surface area (Å²) in [6.07, 6.45) is 0.585.